The van der Waals surface area contributed by atoms with E-state index in [1.807, 2.05) is 18.2 Å². The fourth-order valence-corrected chi connectivity index (χ4v) is 2.25. The molecule has 0 spiro atoms. The average molecular weight is 256 g/mol. The highest BCUT2D eigenvalue weighted by atomic mass is 16.7. The van der Waals surface area contributed by atoms with E-state index >= 15 is 0 Å². The molecule has 2 aliphatic rings. The molecule has 1 heterocycles. The molecular formula is C13H20O5. The van der Waals surface area contributed by atoms with Gasteiger partial charge in [-0.2, -0.15) is 0 Å². The maximum Gasteiger partial charge on any atom is 0.161 e. The van der Waals surface area contributed by atoms with Crippen molar-refractivity contribution in [1.29, 1.82) is 0 Å². The molecular weight excluding hydrogens is 236 g/mol. The minimum atomic E-state index is -0.499. The summed E-state index contributed by atoms with van der Waals surface area (Å²) >= 11 is 0. The van der Waals surface area contributed by atoms with Crippen molar-refractivity contribution >= 4 is 0 Å². The molecule has 0 bridgehead atoms. The van der Waals surface area contributed by atoms with E-state index in [-0.39, 0.29) is 18.8 Å². The third-order valence-electron chi connectivity index (χ3n) is 3.16. The lowest BCUT2D eigenvalue weighted by molar-refractivity contribution is -0.236. The van der Waals surface area contributed by atoms with E-state index in [1.165, 1.54) is 0 Å². The average Bonchev–Trinajstić information content (AvgIpc) is 2.38. The zero-order valence-electron chi connectivity index (χ0n) is 10.5. The fourth-order valence-electron chi connectivity index (χ4n) is 2.25. The van der Waals surface area contributed by atoms with Gasteiger partial charge in [-0.05, 0) is 12.5 Å². The van der Waals surface area contributed by atoms with Crippen LogP contribution in [0.2, 0.25) is 0 Å². The predicted octanol–water partition coefficient (Wildman–Crippen LogP) is 0.720. The lowest BCUT2D eigenvalue weighted by Gasteiger charge is -2.34. The van der Waals surface area contributed by atoms with Crippen LogP contribution in [-0.2, 0) is 14.2 Å². The first-order valence-corrected chi connectivity index (χ1v) is 6.23. The molecule has 0 aromatic heterocycles. The Bertz CT molecular complexity index is 325. The van der Waals surface area contributed by atoms with E-state index in [0.717, 1.165) is 12.2 Å². The maximum atomic E-state index is 9.70. The van der Waals surface area contributed by atoms with Crippen LogP contribution in [0.15, 0.2) is 24.0 Å². The second-order valence-electron chi connectivity index (χ2n) is 4.56. The smallest absolute Gasteiger partial charge is 0.161 e. The summed E-state index contributed by atoms with van der Waals surface area (Å²) in [4.78, 5) is 0. The fraction of sp³-hybridized carbons (Fsp3) is 0.692. The molecule has 4 atom stereocenters. The van der Waals surface area contributed by atoms with Crippen molar-refractivity contribution in [3.8, 4) is 0 Å². The highest BCUT2D eigenvalue weighted by molar-refractivity contribution is 5.17. The third-order valence-corrected chi connectivity index (χ3v) is 3.16. The van der Waals surface area contributed by atoms with Crippen molar-refractivity contribution in [3.63, 3.8) is 0 Å². The predicted molar refractivity (Wildman–Crippen MR) is 64.7 cm³/mol. The Morgan fingerprint density at radius 3 is 3.00 bits per heavy atom. The number of hydrogen-bond donors (Lipinski definition) is 2. The van der Waals surface area contributed by atoms with Crippen molar-refractivity contribution in [1.82, 2.24) is 0 Å². The van der Waals surface area contributed by atoms with Gasteiger partial charge in [-0.3, -0.25) is 0 Å². The minimum Gasteiger partial charge on any atom is -0.498 e. The maximum absolute atomic E-state index is 9.70. The Labute approximate surface area is 107 Å². The number of hydrogen-bond acceptors (Lipinski definition) is 5. The van der Waals surface area contributed by atoms with Crippen LogP contribution in [0.4, 0.5) is 0 Å². The molecule has 0 radical (unpaired) electrons. The number of allylic oxidation sites excluding steroid dienone is 2. The minimum absolute atomic E-state index is 0.103. The summed E-state index contributed by atoms with van der Waals surface area (Å²) < 4.78 is 16.6. The highest BCUT2D eigenvalue weighted by Crippen LogP contribution is 2.25. The van der Waals surface area contributed by atoms with E-state index in [0.29, 0.717) is 12.8 Å². The normalized spacial score (nSPS) is 36.3. The molecule has 5 heteroatoms. The Hall–Kier alpha value is -0.880. The first-order chi connectivity index (χ1) is 8.72. The Morgan fingerprint density at radius 1 is 1.44 bits per heavy atom. The highest BCUT2D eigenvalue weighted by Gasteiger charge is 2.31. The van der Waals surface area contributed by atoms with E-state index < -0.39 is 12.4 Å². The van der Waals surface area contributed by atoms with Crippen LogP contribution >= 0.6 is 0 Å². The van der Waals surface area contributed by atoms with Crippen LogP contribution in [0.5, 0.6) is 0 Å². The van der Waals surface area contributed by atoms with Gasteiger partial charge in [0.25, 0.3) is 0 Å². The van der Waals surface area contributed by atoms with E-state index in [1.54, 1.807) is 7.11 Å². The zero-order valence-corrected chi connectivity index (χ0v) is 10.5. The van der Waals surface area contributed by atoms with E-state index in [4.69, 9.17) is 19.3 Å². The van der Waals surface area contributed by atoms with Gasteiger partial charge in [-0.1, -0.05) is 12.2 Å². The van der Waals surface area contributed by atoms with Crippen molar-refractivity contribution in [3.05, 3.63) is 24.0 Å². The van der Waals surface area contributed by atoms with Crippen LogP contribution in [0, 0.1) is 0 Å². The second kappa shape index (κ2) is 6.33. The molecule has 1 aliphatic carbocycles. The van der Waals surface area contributed by atoms with Gasteiger partial charge in [-0.15, -0.1) is 0 Å². The SMILES string of the molecule is COC1=CC=CCC1O[C@H]1C[C@@H](O)C[C@@H](CO)O1. The molecule has 102 valence electrons. The van der Waals surface area contributed by atoms with Crippen molar-refractivity contribution in [2.45, 2.75) is 43.9 Å². The number of aliphatic hydroxyl groups is 2. The van der Waals surface area contributed by atoms with Gasteiger partial charge in [0.2, 0.25) is 0 Å². The molecule has 18 heavy (non-hydrogen) atoms. The monoisotopic (exact) mass is 256 g/mol. The molecule has 0 aromatic carbocycles. The van der Waals surface area contributed by atoms with Gasteiger partial charge < -0.3 is 24.4 Å². The van der Waals surface area contributed by atoms with Gasteiger partial charge >= 0.3 is 0 Å². The van der Waals surface area contributed by atoms with Crippen LogP contribution < -0.4 is 0 Å². The summed E-state index contributed by atoms with van der Waals surface area (Å²) in [7, 11) is 1.61. The zero-order chi connectivity index (χ0) is 13.0. The lowest BCUT2D eigenvalue weighted by Crippen LogP contribution is -2.41. The molecule has 2 rings (SSSR count). The number of methoxy groups -OCH3 is 1. The molecule has 5 nitrogen and oxygen atoms in total. The lowest BCUT2D eigenvalue weighted by atomic mass is 10.1. The molecule has 0 aromatic rings. The summed E-state index contributed by atoms with van der Waals surface area (Å²) in [5.74, 6) is 0.752. The molecule has 2 N–H and O–H groups in total. The van der Waals surface area contributed by atoms with Crippen LogP contribution in [0.3, 0.4) is 0 Å². The second-order valence-corrected chi connectivity index (χ2v) is 4.56. The number of rotatable bonds is 4. The number of ether oxygens (including phenoxy) is 3. The van der Waals surface area contributed by atoms with Crippen LogP contribution in [0.25, 0.3) is 0 Å². The molecule has 1 aliphatic heterocycles. The van der Waals surface area contributed by atoms with Crippen molar-refractivity contribution in [2.24, 2.45) is 0 Å². The van der Waals surface area contributed by atoms with Gasteiger partial charge in [0.1, 0.15) is 11.9 Å². The Morgan fingerprint density at radius 2 is 2.28 bits per heavy atom. The van der Waals surface area contributed by atoms with Gasteiger partial charge in [0, 0.05) is 12.8 Å². The summed E-state index contributed by atoms with van der Waals surface area (Å²) in [5, 5.41) is 18.8. The van der Waals surface area contributed by atoms with Crippen molar-refractivity contribution in [2.75, 3.05) is 13.7 Å². The Balaban J connectivity index is 1.92. The number of aliphatic hydroxyl groups excluding tert-OH is 2. The molecule has 0 saturated carbocycles. The topological polar surface area (TPSA) is 68.2 Å². The van der Waals surface area contributed by atoms with Gasteiger partial charge in [-0.25, -0.2) is 0 Å². The van der Waals surface area contributed by atoms with E-state index in [2.05, 4.69) is 0 Å². The summed E-state index contributed by atoms with van der Waals surface area (Å²) in [6.07, 6.45) is 5.85. The van der Waals surface area contributed by atoms with E-state index in [9.17, 15) is 5.11 Å². The third kappa shape index (κ3) is 3.32. The summed E-state index contributed by atoms with van der Waals surface area (Å²) in [6.45, 7) is -0.103. The van der Waals surface area contributed by atoms with Crippen LogP contribution in [-0.4, -0.2) is 48.5 Å². The molecule has 1 saturated heterocycles. The van der Waals surface area contributed by atoms with Gasteiger partial charge in [0.05, 0.1) is 25.9 Å². The molecule has 0 amide bonds. The Kier molecular flexibility index (Phi) is 4.77. The van der Waals surface area contributed by atoms with Gasteiger partial charge in [0.15, 0.2) is 6.29 Å². The standard InChI is InChI=1S/C13H20O5/c1-16-11-4-2-3-5-12(11)18-13-7-9(15)6-10(8-14)17-13/h2-4,9-10,12-15H,5-8H2,1H3/t9-,10-,12?,13-/m0/s1. The first-order valence-electron chi connectivity index (χ1n) is 6.23. The first kappa shape index (κ1) is 13.5. The summed E-state index contributed by atoms with van der Waals surface area (Å²) in [6, 6.07) is 0. The van der Waals surface area contributed by atoms with Crippen LogP contribution in [0.1, 0.15) is 19.3 Å². The molecule has 1 unspecified atom stereocenters. The quantitative estimate of drug-likeness (QED) is 0.775. The molecule has 1 fully saturated rings. The van der Waals surface area contributed by atoms with Crippen molar-refractivity contribution < 1.29 is 24.4 Å². The largest absolute Gasteiger partial charge is 0.498 e. The summed E-state index contributed by atoms with van der Waals surface area (Å²) in [5.41, 5.74) is 0.